The van der Waals surface area contributed by atoms with Crippen LogP contribution in [0.5, 0.6) is 11.5 Å². The predicted octanol–water partition coefficient (Wildman–Crippen LogP) is 2.59. The summed E-state index contributed by atoms with van der Waals surface area (Å²) in [5, 5.41) is 11.7. The first kappa shape index (κ1) is 16.4. The lowest BCUT2D eigenvalue weighted by molar-refractivity contribution is -0.119. The van der Waals surface area contributed by atoms with Crippen molar-refractivity contribution in [2.24, 2.45) is 0 Å². The Kier molecular flexibility index (Phi) is 5.57. The van der Waals surface area contributed by atoms with Gasteiger partial charge in [-0.2, -0.15) is 0 Å². The molecule has 0 atom stereocenters. The molecular weight excluding hydrogens is 298 g/mol. The number of phenolic OH excluding ortho intramolecular Hbond substituents is 1. The number of carbonyl (C=O) groups is 2. The van der Waals surface area contributed by atoms with Gasteiger partial charge in [0.05, 0.1) is 6.61 Å². The Hall–Kier alpha value is -3.02. The van der Waals surface area contributed by atoms with Crippen molar-refractivity contribution in [2.45, 2.75) is 6.92 Å². The van der Waals surface area contributed by atoms with E-state index in [1.54, 1.807) is 36.4 Å². The van der Waals surface area contributed by atoms with Crippen molar-refractivity contribution in [1.29, 1.82) is 0 Å². The van der Waals surface area contributed by atoms with E-state index in [4.69, 9.17) is 14.6 Å². The van der Waals surface area contributed by atoms with E-state index < -0.39 is 18.5 Å². The largest absolute Gasteiger partial charge is 0.508 e. The number of para-hydroxylation sites is 1. The first-order valence-corrected chi connectivity index (χ1v) is 7.08. The fourth-order valence-electron chi connectivity index (χ4n) is 1.87. The highest BCUT2D eigenvalue weighted by atomic mass is 16.5. The maximum Gasteiger partial charge on any atom is 0.342 e. The van der Waals surface area contributed by atoms with E-state index in [2.05, 4.69) is 5.32 Å². The SMILES string of the molecule is CCOc1ccccc1C(=O)OCC(=O)Nc1ccc(O)cc1. The van der Waals surface area contributed by atoms with Crippen molar-refractivity contribution in [1.82, 2.24) is 0 Å². The van der Waals surface area contributed by atoms with Gasteiger partial charge in [-0.15, -0.1) is 0 Å². The zero-order valence-electron chi connectivity index (χ0n) is 12.6. The third-order valence-electron chi connectivity index (χ3n) is 2.89. The van der Waals surface area contributed by atoms with E-state index in [0.717, 1.165) is 0 Å². The third kappa shape index (κ3) is 4.74. The van der Waals surface area contributed by atoms with Gasteiger partial charge in [0.2, 0.25) is 0 Å². The minimum absolute atomic E-state index is 0.0990. The van der Waals surface area contributed by atoms with Crippen LogP contribution in [0.25, 0.3) is 0 Å². The van der Waals surface area contributed by atoms with Crippen molar-refractivity contribution >= 4 is 17.6 Å². The van der Waals surface area contributed by atoms with Crippen LogP contribution in [-0.4, -0.2) is 30.2 Å². The number of esters is 1. The lowest BCUT2D eigenvalue weighted by Crippen LogP contribution is -2.21. The molecule has 0 saturated heterocycles. The molecule has 120 valence electrons. The number of anilines is 1. The number of carbonyl (C=O) groups excluding carboxylic acids is 2. The van der Waals surface area contributed by atoms with E-state index in [9.17, 15) is 9.59 Å². The van der Waals surface area contributed by atoms with E-state index in [-0.39, 0.29) is 11.3 Å². The van der Waals surface area contributed by atoms with Crippen LogP contribution in [0.15, 0.2) is 48.5 Å². The number of amides is 1. The molecule has 0 aliphatic rings. The van der Waals surface area contributed by atoms with Crippen molar-refractivity contribution in [3.8, 4) is 11.5 Å². The molecule has 0 aliphatic carbocycles. The lowest BCUT2D eigenvalue weighted by atomic mass is 10.2. The first-order valence-electron chi connectivity index (χ1n) is 7.08. The number of ether oxygens (including phenoxy) is 2. The lowest BCUT2D eigenvalue weighted by Gasteiger charge is -2.10. The number of hydrogen-bond acceptors (Lipinski definition) is 5. The van der Waals surface area contributed by atoms with Crippen LogP contribution >= 0.6 is 0 Å². The minimum Gasteiger partial charge on any atom is -0.508 e. The van der Waals surface area contributed by atoms with E-state index >= 15 is 0 Å². The topological polar surface area (TPSA) is 84.9 Å². The summed E-state index contributed by atoms with van der Waals surface area (Å²) in [5.74, 6) is -0.589. The van der Waals surface area contributed by atoms with Crippen LogP contribution in [0, 0.1) is 0 Å². The van der Waals surface area contributed by atoms with Crippen molar-refractivity contribution in [2.75, 3.05) is 18.5 Å². The van der Waals surface area contributed by atoms with Crippen LogP contribution < -0.4 is 10.1 Å². The average Bonchev–Trinajstić information content (AvgIpc) is 2.56. The number of aromatic hydroxyl groups is 1. The minimum atomic E-state index is -0.630. The summed E-state index contributed by atoms with van der Waals surface area (Å²) >= 11 is 0. The smallest absolute Gasteiger partial charge is 0.342 e. The molecular formula is C17H17NO5. The highest BCUT2D eigenvalue weighted by molar-refractivity contribution is 5.96. The Morgan fingerprint density at radius 1 is 1.09 bits per heavy atom. The van der Waals surface area contributed by atoms with Gasteiger partial charge in [0.1, 0.15) is 17.1 Å². The first-order chi connectivity index (χ1) is 11.1. The van der Waals surface area contributed by atoms with Crippen LogP contribution in [0.2, 0.25) is 0 Å². The second-order valence-corrected chi connectivity index (χ2v) is 4.60. The van der Waals surface area contributed by atoms with Crippen molar-refractivity contribution in [3.63, 3.8) is 0 Å². The van der Waals surface area contributed by atoms with Crippen LogP contribution in [-0.2, 0) is 9.53 Å². The Balaban J connectivity index is 1.91. The summed E-state index contributed by atoms with van der Waals surface area (Å²) in [5.41, 5.74) is 0.769. The van der Waals surface area contributed by atoms with Gasteiger partial charge in [-0.25, -0.2) is 4.79 Å². The maximum atomic E-state index is 12.0. The van der Waals surface area contributed by atoms with Gasteiger partial charge in [-0.05, 0) is 43.3 Å². The molecule has 0 radical (unpaired) electrons. The molecule has 2 N–H and O–H groups in total. The third-order valence-corrected chi connectivity index (χ3v) is 2.89. The number of nitrogens with one attached hydrogen (secondary N) is 1. The van der Waals surface area contributed by atoms with Gasteiger partial charge >= 0.3 is 5.97 Å². The molecule has 2 rings (SSSR count). The zero-order chi connectivity index (χ0) is 16.7. The fraction of sp³-hybridized carbons (Fsp3) is 0.176. The molecule has 1 amide bonds. The molecule has 0 aromatic heterocycles. The second kappa shape index (κ2) is 7.84. The molecule has 2 aromatic rings. The fourth-order valence-corrected chi connectivity index (χ4v) is 1.87. The van der Waals surface area contributed by atoms with Crippen molar-refractivity contribution < 1.29 is 24.2 Å². The molecule has 0 saturated carbocycles. The predicted molar refractivity (Wildman–Crippen MR) is 84.6 cm³/mol. The summed E-state index contributed by atoms with van der Waals surface area (Å²) in [6, 6.07) is 12.6. The highest BCUT2D eigenvalue weighted by Crippen LogP contribution is 2.19. The second-order valence-electron chi connectivity index (χ2n) is 4.60. The summed E-state index contributed by atoms with van der Waals surface area (Å²) < 4.78 is 10.3. The van der Waals surface area contributed by atoms with Crippen LogP contribution in [0.1, 0.15) is 17.3 Å². The number of hydrogen-bond donors (Lipinski definition) is 2. The molecule has 6 heteroatoms. The maximum absolute atomic E-state index is 12.0. The number of phenols is 1. The number of benzene rings is 2. The quantitative estimate of drug-likeness (QED) is 0.632. The molecule has 6 nitrogen and oxygen atoms in total. The molecule has 23 heavy (non-hydrogen) atoms. The standard InChI is InChI=1S/C17H17NO5/c1-2-22-15-6-4-3-5-14(15)17(21)23-11-16(20)18-12-7-9-13(19)10-8-12/h3-10,19H,2,11H2,1H3,(H,18,20). The van der Waals surface area contributed by atoms with E-state index in [0.29, 0.717) is 18.0 Å². The summed E-state index contributed by atoms with van der Waals surface area (Å²) in [4.78, 5) is 23.8. The summed E-state index contributed by atoms with van der Waals surface area (Å²) in [6.45, 7) is 1.82. The Morgan fingerprint density at radius 3 is 2.48 bits per heavy atom. The molecule has 2 aromatic carbocycles. The van der Waals surface area contributed by atoms with Gasteiger partial charge in [-0.1, -0.05) is 12.1 Å². The molecule has 0 spiro atoms. The highest BCUT2D eigenvalue weighted by Gasteiger charge is 2.15. The summed E-state index contributed by atoms with van der Waals surface area (Å²) in [7, 11) is 0. The van der Waals surface area contributed by atoms with E-state index in [1.165, 1.54) is 12.1 Å². The molecule has 0 bridgehead atoms. The van der Waals surface area contributed by atoms with E-state index in [1.807, 2.05) is 6.92 Å². The Bertz CT molecular complexity index is 682. The molecule has 0 unspecified atom stereocenters. The van der Waals surface area contributed by atoms with Gasteiger partial charge in [0.25, 0.3) is 5.91 Å². The molecule has 0 heterocycles. The zero-order valence-corrected chi connectivity index (χ0v) is 12.6. The number of rotatable bonds is 6. The van der Waals surface area contributed by atoms with Gasteiger partial charge in [0.15, 0.2) is 6.61 Å². The normalized spacial score (nSPS) is 9.96. The van der Waals surface area contributed by atoms with Gasteiger partial charge < -0.3 is 19.9 Å². The van der Waals surface area contributed by atoms with Gasteiger partial charge in [0, 0.05) is 5.69 Å². The average molecular weight is 315 g/mol. The van der Waals surface area contributed by atoms with Crippen LogP contribution in [0.3, 0.4) is 0 Å². The van der Waals surface area contributed by atoms with Gasteiger partial charge in [-0.3, -0.25) is 4.79 Å². The molecule has 0 aliphatic heterocycles. The van der Waals surface area contributed by atoms with Crippen molar-refractivity contribution in [3.05, 3.63) is 54.1 Å². The Labute approximate surface area is 133 Å². The molecule has 0 fully saturated rings. The Morgan fingerprint density at radius 2 is 1.78 bits per heavy atom. The summed E-state index contributed by atoms with van der Waals surface area (Å²) in [6.07, 6.45) is 0. The van der Waals surface area contributed by atoms with Crippen LogP contribution in [0.4, 0.5) is 5.69 Å². The monoisotopic (exact) mass is 315 g/mol.